The number of halogens is 1. The van der Waals surface area contributed by atoms with Crippen molar-refractivity contribution >= 4 is 52.4 Å². The van der Waals surface area contributed by atoms with Crippen molar-refractivity contribution in [3.05, 3.63) is 33.7 Å². The summed E-state index contributed by atoms with van der Waals surface area (Å²) in [5.41, 5.74) is 0.601. The number of nitrogens with zero attached hydrogens (tertiary/aromatic N) is 1. The van der Waals surface area contributed by atoms with Crippen LogP contribution in [0.5, 0.6) is 0 Å². The van der Waals surface area contributed by atoms with Crippen LogP contribution >= 0.6 is 23.4 Å². The highest BCUT2D eigenvalue weighted by molar-refractivity contribution is 8.18. The number of nitrogens with one attached hydrogen (secondary N) is 2. The first-order chi connectivity index (χ1) is 13.5. The van der Waals surface area contributed by atoms with E-state index in [9.17, 15) is 19.5 Å². The minimum absolute atomic E-state index is 0.235. The number of aliphatic hydroxyl groups is 1. The van der Waals surface area contributed by atoms with E-state index >= 15 is 0 Å². The summed E-state index contributed by atoms with van der Waals surface area (Å²) in [6.07, 6.45) is 0.153. The molecule has 0 radical (unpaired) electrons. The Morgan fingerprint density at radius 3 is 2.72 bits per heavy atom. The molecule has 1 aromatic carbocycles. The average Bonchev–Trinajstić information content (AvgIpc) is 3.07. The van der Waals surface area contributed by atoms with Gasteiger partial charge in [-0.2, -0.15) is 0 Å². The molecule has 156 valence electrons. The lowest BCUT2D eigenvalue weighted by Crippen LogP contribution is -2.45. The standard InChI is InChI=1S/C19H22ClN3O5S/c1-19(2,3)28-17(26)21-12-8-23(9-13(12)24)15-10(5-4-6-11(15)20)7-14-16(25)22-18(27)29-14/h4-7,12-13,24H,8-9H2,1-3H3,(H,21,26)(H,22,25,27)/t12-,13-/m0/s1. The SMILES string of the molecule is CC(C)(C)OC(=O)N[C@H]1CN(c2c(Cl)cccc2C=C2SC(=O)NC2=O)C[C@@H]1O. The van der Waals surface area contributed by atoms with Gasteiger partial charge in [-0.1, -0.05) is 23.7 Å². The number of carbonyl (C=O) groups is 3. The number of benzene rings is 1. The van der Waals surface area contributed by atoms with E-state index in [2.05, 4.69) is 10.6 Å². The molecular formula is C19H22ClN3O5S. The molecule has 3 rings (SSSR count). The molecule has 0 aromatic heterocycles. The van der Waals surface area contributed by atoms with E-state index in [1.54, 1.807) is 45.0 Å². The second kappa shape index (κ2) is 8.25. The van der Waals surface area contributed by atoms with Crippen LogP contribution in [0, 0.1) is 0 Å². The predicted octanol–water partition coefficient (Wildman–Crippen LogP) is 2.74. The van der Waals surface area contributed by atoms with Crippen molar-refractivity contribution in [2.24, 2.45) is 0 Å². The number of thioether (sulfide) groups is 1. The second-order valence-corrected chi connectivity index (χ2v) is 9.18. The number of carbonyl (C=O) groups excluding carboxylic acids is 3. The van der Waals surface area contributed by atoms with Gasteiger partial charge in [0.05, 0.1) is 27.8 Å². The Morgan fingerprint density at radius 1 is 1.38 bits per heavy atom. The molecule has 3 N–H and O–H groups in total. The van der Waals surface area contributed by atoms with Crippen LogP contribution in [0.15, 0.2) is 23.1 Å². The maximum Gasteiger partial charge on any atom is 0.408 e. The number of hydrogen-bond acceptors (Lipinski definition) is 7. The van der Waals surface area contributed by atoms with Gasteiger partial charge in [-0.3, -0.25) is 14.9 Å². The largest absolute Gasteiger partial charge is 0.444 e. The lowest BCUT2D eigenvalue weighted by Gasteiger charge is -2.24. The van der Waals surface area contributed by atoms with Gasteiger partial charge in [-0.25, -0.2) is 4.79 Å². The molecule has 8 nitrogen and oxygen atoms in total. The van der Waals surface area contributed by atoms with Crippen LogP contribution < -0.4 is 15.5 Å². The first kappa shape index (κ1) is 21.5. The third-order valence-corrected chi connectivity index (χ3v) is 5.37. The van der Waals surface area contributed by atoms with E-state index in [0.717, 1.165) is 11.8 Å². The van der Waals surface area contributed by atoms with Crippen molar-refractivity contribution in [2.45, 2.75) is 38.5 Å². The van der Waals surface area contributed by atoms with E-state index in [-0.39, 0.29) is 11.4 Å². The Hall–Kier alpha value is -2.23. The highest BCUT2D eigenvalue weighted by Gasteiger charge is 2.35. The molecule has 2 atom stereocenters. The average molecular weight is 440 g/mol. The smallest absolute Gasteiger partial charge is 0.408 e. The summed E-state index contributed by atoms with van der Waals surface area (Å²) in [6.45, 7) is 5.82. The number of alkyl carbamates (subject to hydrolysis) is 1. The summed E-state index contributed by atoms with van der Waals surface area (Å²) in [6, 6.07) is 4.66. The summed E-state index contributed by atoms with van der Waals surface area (Å²) < 4.78 is 5.25. The van der Waals surface area contributed by atoms with Crippen LogP contribution in [0.1, 0.15) is 26.3 Å². The zero-order chi connectivity index (χ0) is 21.3. The van der Waals surface area contributed by atoms with Gasteiger partial charge in [0.2, 0.25) is 0 Å². The Labute approximate surface area is 177 Å². The zero-order valence-electron chi connectivity index (χ0n) is 16.2. The van der Waals surface area contributed by atoms with E-state index in [1.807, 2.05) is 4.90 Å². The van der Waals surface area contributed by atoms with Crippen molar-refractivity contribution < 1.29 is 24.2 Å². The number of ether oxygens (including phenoxy) is 1. The van der Waals surface area contributed by atoms with Crippen molar-refractivity contribution in [3.8, 4) is 0 Å². The first-order valence-corrected chi connectivity index (χ1v) is 10.2. The Bertz CT molecular complexity index is 883. The van der Waals surface area contributed by atoms with E-state index in [4.69, 9.17) is 16.3 Å². The van der Waals surface area contributed by atoms with Gasteiger partial charge in [-0.15, -0.1) is 0 Å². The Morgan fingerprint density at radius 2 is 2.10 bits per heavy atom. The fourth-order valence-electron chi connectivity index (χ4n) is 3.11. The van der Waals surface area contributed by atoms with Gasteiger partial charge in [-0.05, 0) is 44.7 Å². The fourth-order valence-corrected chi connectivity index (χ4v) is 4.09. The third kappa shape index (κ3) is 5.23. The van der Waals surface area contributed by atoms with Crippen molar-refractivity contribution in [3.63, 3.8) is 0 Å². The predicted molar refractivity (Wildman–Crippen MR) is 112 cm³/mol. The molecule has 0 unspecified atom stereocenters. The molecule has 3 amide bonds. The van der Waals surface area contributed by atoms with Crippen LogP contribution in [0.2, 0.25) is 5.02 Å². The van der Waals surface area contributed by atoms with Crippen LogP contribution in [0.25, 0.3) is 6.08 Å². The molecule has 0 spiro atoms. The summed E-state index contributed by atoms with van der Waals surface area (Å²) >= 11 is 7.23. The first-order valence-electron chi connectivity index (χ1n) is 8.99. The van der Waals surface area contributed by atoms with Gasteiger partial charge < -0.3 is 20.1 Å². The minimum atomic E-state index is -0.829. The number of amides is 3. The van der Waals surface area contributed by atoms with Crippen molar-refractivity contribution in [2.75, 3.05) is 18.0 Å². The van der Waals surface area contributed by atoms with Crippen LogP contribution in [-0.2, 0) is 9.53 Å². The maximum atomic E-state index is 12.1. The third-order valence-electron chi connectivity index (χ3n) is 4.25. The summed E-state index contributed by atoms with van der Waals surface area (Å²) in [4.78, 5) is 37.5. The molecule has 2 fully saturated rings. The zero-order valence-corrected chi connectivity index (χ0v) is 17.8. The van der Waals surface area contributed by atoms with Crippen LogP contribution in [0.4, 0.5) is 15.3 Å². The van der Waals surface area contributed by atoms with Gasteiger partial charge in [0.1, 0.15) is 5.60 Å². The lowest BCUT2D eigenvalue weighted by atomic mass is 10.1. The van der Waals surface area contributed by atoms with Crippen molar-refractivity contribution in [1.82, 2.24) is 10.6 Å². The Balaban J connectivity index is 1.81. The maximum absolute atomic E-state index is 12.1. The Kier molecular flexibility index (Phi) is 6.11. The van der Waals surface area contributed by atoms with Crippen LogP contribution in [-0.4, -0.2) is 53.2 Å². The molecule has 2 heterocycles. The molecule has 0 aliphatic carbocycles. The molecule has 2 aliphatic heterocycles. The quantitative estimate of drug-likeness (QED) is 0.621. The molecule has 0 bridgehead atoms. The summed E-state index contributed by atoms with van der Waals surface area (Å²) in [7, 11) is 0. The topological polar surface area (TPSA) is 108 Å². The second-order valence-electron chi connectivity index (χ2n) is 7.75. The highest BCUT2D eigenvalue weighted by atomic mass is 35.5. The number of anilines is 1. The van der Waals surface area contributed by atoms with Crippen LogP contribution in [0.3, 0.4) is 0 Å². The molecule has 10 heteroatoms. The number of imide groups is 1. The highest BCUT2D eigenvalue weighted by Crippen LogP contribution is 2.36. The normalized spacial score (nSPS) is 23.5. The number of aliphatic hydroxyl groups excluding tert-OH is 1. The number of rotatable bonds is 3. The van der Waals surface area contributed by atoms with Gasteiger partial charge in [0.15, 0.2) is 0 Å². The fraction of sp³-hybridized carbons (Fsp3) is 0.421. The number of para-hydroxylation sites is 1. The summed E-state index contributed by atoms with van der Waals surface area (Å²) in [5.74, 6) is -0.461. The molecule has 29 heavy (non-hydrogen) atoms. The number of hydrogen-bond donors (Lipinski definition) is 3. The molecular weight excluding hydrogens is 418 g/mol. The summed E-state index contributed by atoms with van der Waals surface area (Å²) in [5, 5.41) is 15.3. The van der Waals surface area contributed by atoms with Crippen molar-refractivity contribution in [1.29, 1.82) is 0 Å². The van der Waals surface area contributed by atoms with Gasteiger partial charge in [0, 0.05) is 18.7 Å². The van der Waals surface area contributed by atoms with E-state index in [0.29, 0.717) is 22.8 Å². The minimum Gasteiger partial charge on any atom is -0.444 e. The van der Waals surface area contributed by atoms with E-state index in [1.165, 1.54) is 0 Å². The van der Waals surface area contributed by atoms with Gasteiger partial charge >= 0.3 is 6.09 Å². The van der Waals surface area contributed by atoms with E-state index < -0.39 is 35.0 Å². The molecule has 2 saturated heterocycles. The monoisotopic (exact) mass is 439 g/mol. The van der Waals surface area contributed by atoms with Gasteiger partial charge in [0.25, 0.3) is 11.1 Å². The molecule has 1 aromatic rings. The molecule has 0 saturated carbocycles. The molecule has 2 aliphatic rings. The number of β-amino-alcohol motifs (C(OH)–C–C–N with tert-alkyl or cyclic N) is 1. The lowest BCUT2D eigenvalue weighted by molar-refractivity contribution is -0.115.